The minimum atomic E-state index is -2.55. The average molecular weight is 1630 g/mol. The zero-order valence-electron chi connectivity index (χ0n) is 59.9. The Bertz CT molecular complexity index is 2950. The fourth-order valence-electron chi connectivity index (χ4n) is 14.3. The van der Waals surface area contributed by atoms with Crippen LogP contribution in [0.15, 0.2) is 0 Å². The van der Waals surface area contributed by atoms with Gasteiger partial charge in [-0.2, -0.15) is 0 Å². The quantitative estimate of drug-likeness (QED) is 0.0346. The molecule has 0 radical (unpaired) electrons. The minimum absolute atomic E-state index is 0.827. The number of aliphatic hydroxyl groups is 24. The van der Waals surface area contributed by atoms with Crippen LogP contribution in [0.5, 0.6) is 0 Å². The van der Waals surface area contributed by atoms with Crippen molar-refractivity contribution in [2.24, 2.45) is 0 Å². The lowest BCUT2D eigenvalue weighted by Gasteiger charge is -2.51. The molecule has 0 bridgehead atoms. The Hall–Kier alpha value is -3.76. The molecule has 49 heteroatoms. The van der Waals surface area contributed by atoms with E-state index >= 15 is 0 Å². The molecule has 0 aromatic heterocycles. The van der Waals surface area contributed by atoms with Crippen molar-refractivity contribution in [1.29, 1.82) is 0 Å². The van der Waals surface area contributed by atoms with Gasteiger partial charge in [-0.3, -0.25) is 19.2 Å². The molecule has 9 aliphatic heterocycles. The second-order valence-corrected chi connectivity index (χ2v) is 28.2. The number of ether oxygens (including phenoxy) is 17. The van der Waals surface area contributed by atoms with Crippen LogP contribution in [0.4, 0.5) is 0 Å². The Morgan fingerprint density at radius 1 is 0.252 bits per heavy atom. The van der Waals surface area contributed by atoms with Gasteiger partial charge in [-0.1, -0.05) is 0 Å². The van der Waals surface area contributed by atoms with E-state index in [2.05, 4.69) is 21.3 Å². The van der Waals surface area contributed by atoms with Crippen molar-refractivity contribution < 1.29 is 222 Å². The highest BCUT2D eigenvalue weighted by molar-refractivity contribution is 5.74. The fraction of sp³-hybridized carbons (Fsp3) is 0.935. The van der Waals surface area contributed by atoms with Crippen LogP contribution in [0.1, 0.15) is 34.6 Å². The van der Waals surface area contributed by atoms with Crippen LogP contribution in [0.3, 0.4) is 0 Å². The lowest BCUT2D eigenvalue weighted by molar-refractivity contribution is -0.396. The van der Waals surface area contributed by atoms with E-state index in [0.717, 1.165) is 27.7 Å². The first-order valence-electron chi connectivity index (χ1n) is 35.5. The number of carbonyl (C=O) groups is 4. The third-order valence-corrected chi connectivity index (χ3v) is 20.3. The Morgan fingerprint density at radius 3 is 1.03 bits per heavy atom. The van der Waals surface area contributed by atoms with Crippen LogP contribution in [0.2, 0.25) is 0 Å². The monoisotopic (exact) mass is 1620 g/mol. The van der Waals surface area contributed by atoms with Crippen molar-refractivity contribution >= 4 is 23.6 Å². The zero-order valence-corrected chi connectivity index (χ0v) is 59.9. The van der Waals surface area contributed by atoms with Gasteiger partial charge in [-0.25, -0.2) is 0 Å². The van der Waals surface area contributed by atoms with Crippen LogP contribution in [0.25, 0.3) is 0 Å². The molecule has 45 atom stereocenters. The maximum atomic E-state index is 13.2. The van der Waals surface area contributed by atoms with Gasteiger partial charge in [0, 0.05) is 27.7 Å². The summed E-state index contributed by atoms with van der Waals surface area (Å²) >= 11 is 0. The zero-order chi connectivity index (χ0) is 81.8. The maximum absolute atomic E-state index is 13.2. The van der Waals surface area contributed by atoms with E-state index in [-0.39, 0.29) is 0 Å². The van der Waals surface area contributed by atoms with Crippen molar-refractivity contribution in [3.63, 3.8) is 0 Å². The first-order valence-corrected chi connectivity index (χ1v) is 35.5. The fourth-order valence-corrected chi connectivity index (χ4v) is 14.3. The molecular formula is C62H104N4O45. The predicted molar refractivity (Wildman–Crippen MR) is 342 cm³/mol. The number of nitrogens with one attached hydrogen (secondary N) is 4. The van der Waals surface area contributed by atoms with Gasteiger partial charge >= 0.3 is 0 Å². The first kappa shape index (κ1) is 91.1. The molecule has 0 aromatic rings. The third kappa shape index (κ3) is 20.3. The molecule has 28 N–H and O–H groups in total. The molecule has 4 amide bonds. The van der Waals surface area contributed by atoms with Gasteiger partial charge in [0.1, 0.15) is 213 Å². The summed E-state index contributed by atoms with van der Waals surface area (Å²) in [7, 11) is 0. The van der Waals surface area contributed by atoms with Gasteiger partial charge in [0.25, 0.3) is 0 Å². The largest absolute Gasteiger partial charge is 0.394 e. The Balaban J connectivity index is 1.05. The smallest absolute Gasteiger partial charge is 0.217 e. The number of hydrogen-bond donors (Lipinski definition) is 28. The van der Waals surface area contributed by atoms with Gasteiger partial charge in [0.15, 0.2) is 56.6 Å². The molecule has 9 rings (SSSR count). The highest BCUT2D eigenvalue weighted by atomic mass is 16.8. The second-order valence-electron chi connectivity index (χ2n) is 28.2. The molecule has 9 fully saturated rings. The van der Waals surface area contributed by atoms with Crippen molar-refractivity contribution in [3.8, 4) is 0 Å². The van der Waals surface area contributed by atoms with Gasteiger partial charge in [0.2, 0.25) is 23.6 Å². The Morgan fingerprint density at radius 2 is 0.559 bits per heavy atom. The molecule has 0 aromatic carbocycles. The van der Waals surface area contributed by atoms with Gasteiger partial charge in [0.05, 0.1) is 59.0 Å². The molecule has 0 unspecified atom stereocenters. The van der Waals surface area contributed by atoms with Crippen LogP contribution in [-0.2, 0) is 99.7 Å². The van der Waals surface area contributed by atoms with Gasteiger partial charge in [-0.15, -0.1) is 0 Å². The number of carbonyl (C=O) groups excluding carboxylic acids is 4. The van der Waals surface area contributed by atoms with E-state index in [0.29, 0.717) is 0 Å². The number of aliphatic hydroxyl groups excluding tert-OH is 24. The van der Waals surface area contributed by atoms with E-state index in [1.807, 2.05) is 0 Å². The van der Waals surface area contributed by atoms with Gasteiger partial charge in [-0.05, 0) is 6.92 Å². The van der Waals surface area contributed by atoms with Crippen molar-refractivity contribution in [3.05, 3.63) is 0 Å². The lowest BCUT2D eigenvalue weighted by atomic mass is 9.93. The molecular weight excluding hydrogens is 1520 g/mol. The van der Waals surface area contributed by atoms with E-state index in [1.54, 1.807) is 0 Å². The Kier molecular flexibility index (Phi) is 32.6. The van der Waals surface area contributed by atoms with Gasteiger partial charge < -0.3 is 224 Å². The molecule has 9 saturated heterocycles. The summed E-state index contributed by atoms with van der Waals surface area (Å²) in [5, 5.41) is 276. The van der Waals surface area contributed by atoms with Crippen LogP contribution >= 0.6 is 0 Å². The molecule has 49 nitrogen and oxygen atoms in total. The molecule has 0 aliphatic carbocycles. The second kappa shape index (κ2) is 39.7. The Labute approximate surface area is 629 Å². The number of amides is 4. The van der Waals surface area contributed by atoms with Crippen molar-refractivity contribution in [2.45, 2.75) is 311 Å². The van der Waals surface area contributed by atoms with E-state index in [4.69, 9.17) is 80.5 Å². The summed E-state index contributed by atoms with van der Waals surface area (Å²) in [6.45, 7) is -3.36. The summed E-state index contributed by atoms with van der Waals surface area (Å²) in [5.74, 6) is -3.59. The predicted octanol–water partition coefficient (Wildman–Crippen LogP) is -19.0. The summed E-state index contributed by atoms with van der Waals surface area (Å²) in [6.07, 6.45) is -83.2. The van der Waals surface area contributed by atoms with E-state index < -0.39 is 353 Å². The third-order valence-electron chi connectivity index (χ3n) is 20.3. The summed E-state index contributed by atoms with van der Waals surface area (Å²) in [5.41, 5.74) is 0. The van der Waals surface area contributed by atoms with E-state index in [9.17, 15) is 142 Å². The van der Waals surface area contributed by atoms with Crippen LogP contribution in [0, 0.1) is 0 Å². The number of rotatable bonds is 28. The van der Waals surface area contributed by atoms with Crippen molar-refractivity contribution in [2.75, 3.05) is 52.9 Å². The lowest BCUT2D eigenvalue weighted by Crippen LogP contribution is -2.71. The molecule has 111 heavy (non-hydrogen) atoms. The summed E-state index contributed by atoms with van der Waals surface area (Å²) in [6, 6.07) is -7.39. The highest BCUT2D eigenvalue weighted by Crippen LogP contribution is 2.40. The summed E-state index contributed by atoms with van der Waals surface area (Å²) in [4.78, 5) is 50.9. The maximum Gasteiger partial charge on any atom is 0.217 e. The molecule has 642 valence electrons. The molecule has 0 spiro atoms. The highest BCUT2D eigenvalue weighted by Gasteiger charge is 2.61. The van der Waals surface area contributed by atoms with E-state index in [1.165, 1.54) is 6.92 Å². The molecule has 9 heterocycles. The molecule has 9 aliphatic rings. The standard InChI is InChI=1S/C62H104N4O45/c1-14-31(77)41(87)45(91)58(97-14)95-13-26-50(38(84)27(54(94)98-26)63-15(2)73)106-56-29(65-17(4)75)39(85)49(24(11-72)103-56)108-60-47(93)51(109-62-53(44(90)35(81)22(9-70)102-62)111-55-28(64-16(3)74)37(83)32(78)19(6-67)99-55)36(82)25(105-60)12-96-61-52(43(89)34(80)21(8-69)101-61)110-57-30(66-18(5)76)40(86)48(23(10-71)104-57)107-59-46(92)42(88)33(79)20(7-68)100-59/h14,19-62,67-72,77-94H,6-13H2,1-5H3,(H,63,73)(H,64,74)(H,65,75)(H,66,76)/t14-,19+,20+,21+,22+,23+,24+,25+,26+,27+,28-,29+,30+,31+,32+,33-,34+,35+,36+,37+,38+,39+,40+,41+,42-,43-,44-,45-,46+,47-,48+,49+,50+,51-,52-,53-,54+,55-,56-,57+,58-,59+,60+,61-,62+/m0/s1. The van der Waals surface area contributed by atoms with Crippen LogP contribution in [-0.4, -0.2) is 475 Å². The SMILES string of the molecule is CC(=O)N[C@@H]1[C@H](O[C@@H]2[C@@H](O[C@@H]3[C@H](O)[C@@H](O[C@H]4[C@H](O)[C@@H](NC(C)=O)[C@H](O[C@H]5[C@H](O)[C@@H](NC(C)=O)[C@H](O)O[C@@H]5CO[C@H]5O[C@@H](C)[C@@H](O)[C@@H](O)[C@@H]5O)O[C@@H]4CO)O[C@H](CO[C@H]4O[C@H](CO)[C@@H](O)[C@H](O)[C@@H]4O[C@H]4O[C@H](CO)[C@@H](O[C@H]5O[C@H](CO)[C@H](O)[C@H](O)[C@H]5O)[C@H](O)[C@H]4NC(C)=O)[C@H]3O)O[C@H](CO)[C@@H](O)[C@@H]2O)O[C@H](CO)[C@@H](O)[C@@H]1O. The molecule has 0 saturated carbocycles. The number of hydrogen-bond acceptors (Lipinski definition) is 45. The van der Waals surface area contributed by atoms with Crippen molar-refractivity contribution in [1.82, 2.24) is 21.3 Å². The minimum Gasteiger partial charge on any atom is -0.394 e. The topological polar surface area (TPSA) is 759 Å². The van der Waals surface area contributed by atoms with Crippen LogP contribution < -0.4 is 21.3 Å². The first-order chi connectivity index (χ1) is 52.4. The summed E-state index contributed by atoms with van der Waals surface area (Å²) < 4.78 is 101. The normalized spacial score (nSPS) is 49.3. The average Bonchev–Trinajstić information content (AvgIpc) is 0.768.